The van der Waals surface area contributed by atoms with Crippen molar-refractivity contribution in [1.82, 2.24) is 9.88 Å². The zero-order valence-electron chi connectivity index (χ0n) is 10.7. The third-order valence-electron chi connectivity index (χ3n) is 2.46. The van der Waals surface area contributed by atoms with E-state index < -0.39 is 0 Å². The summed E-state index contributed by atoms with van der Waals surface area (Å²) < 4.78 is 2.36. The van der Waals surface area contributed by atoms with Crippen molar-refractivity contribution in [2.24, 2.45) is 5.92 Å². The highest BCUT2D eigenvalue weighted by Crippen LogP contribution is 2.06. The summed E-state index contributed by atoms with van der Waals surface area (Å²) in [7, 11) is 0. The SMILES string of the molecule is CCSCCn1cccc1CNCC(C)C. The molecule has 1 rings (SSSR count). The van der Waals surface area contributed by atoms with Gasteiger partial charge in [-0.05, 0) is 30.3 Å². The van der Waals surface area contributed by atoms with E-state index >= 15 is 0 Å². The maximum absolute atomic E-state index is 3.49. The highest BCUT2D eigenvalue weighted by Gasteiger charge is 2.00. The van der Waals surface area contributed by atoms with Crippen molar-refractivity contribution in [2.75, 3.05) is 18.1 Å². The van der Waals surface area contributed by atoms with Crippen LogP contribution in [0.15, 0.2) is 18.3 Å². The highest BCUT2D eigenvalue weighted by molar-refractivity contribution is 7.99. The summed E-state index contributed by atoms with van der Waals surface area (Å²) in [4.78, 5) is 0. The molecule has 0 radical (unpaired) electrons. The van der Waals surface area contributed by atoms with Crippen LogP contribution < -0.4 is 5.32 Å². The number of rotatable bonds is 8. The predicted octanol–water partition coefficient (Wildman–Crippen LogP) is 2.99. The van der Waals surface area contributed by atoms with Crippen LogP contribution in [0.4, 0.5) is 0 Å². The molecule has 0 aliphatic rings. The van der Waals surface area contributed by atoms with Gasteiger partial charge in [0.25, 0.3) is 0 Å². The maximum atomic E-state index is 3.49. The average molecular weight is 240 g/mol. The lowest BCUT2D eigenvalue weighted by Crippen LogP contribution is -2.21. The van der Waals surface area contributed by atoms with Crippen LogP contribution in [0.3, 0.4) is 0 Å². The Balaban J connectivity index is 2.32. The van der Waals surface area contributed by atoms with Crippen molar-refractivity contribution in [3.63, 3.8) is 0 Å². The number of hydrogen-bond donors (Lipinski definition) is 1. The largest absolute Gasteiger partial charge is 0.349 e. The van der Waals surface area contributed by atoms with Crippen molar-refractivity contribution >= 4 is 11.8 Å². The first kappa shape index (κ1) is 13.7. The van der Waals surface area contributed by atoms with Gasteiger partial charge >= 0.3 is 0 Å². The number of aromatic nitrogens is 1. The van der Waals surface area contributed by atoms with Gasteiger partial charge in [-0.3, -0.25) is 0 Å². The summed E-state index contributed by atoms with van der Waals surface area (Å²) in [5, 5.41) is 3.49. The Kier molecular flexibility index (Phi) is 6.65. The van der Waals surface area contributed by atoms with Crippen molar-refractivity contribution in [2.45, 2.75) is 33.9 Å². The van der Waals surface area contributed by atoms with Crippen LogP contribution in [0.5, 0.6) is 0 Å². The molecule has 1 N–H and O–H groups in total. The normalized spacial score (nSPS) is 11.2. The number of thioether (sulfide) groups is 1. The lowest BCUT2D eigenvalue weighted by molar-refractivity contribution is 0.538. The van der Waals surface area contributed by atoms with Crippen molar-refractivity contribution in [1.29, 1.82) is 0 Å². The Labute approximate surface area is 104 Å². The molecular weight excluding hydrogens is 216 g/mol. The second-order valence-corrected chi connectivity index (χ2v) is 5.81. The highest BCUT2D eigenvalue weighted by atomic mass is 32.2. The van der Waals surface area contributed by atoms with Gasteiger partial charge in [0.05, 0.1) is 0 Å². The van der Waals surface area contributed by atoms with E-state index in [0.29, 0.717) is 0 Å². The number of hydrogen-bond acceptors (Lipinski definition) is 2. The van der Waals surface area contributed by atoms with Crippen LogP contribution in [0.2, 0.25) is 0 Å². The molecule has 0 spiro atoms. The van der Waals surface area contributed by atoms with E-state index in [4.69, 9.17) is 0 Å². The van der Waals surface area contributed by atoms with Gasteiger partial charge in [0, 0.05) is 30.7 Å². The van der Waals surface area contributed by atoms with E-state index in [9.17, 15) is 0 Å². The molecule has 2 nitrogen and oxygen atoms in total. The molecule has 0 saturated carbocycles. The van der Waals surface area contributed by atoms with E-state index in [1.165, 1.54) is 17.2 Å². The van der Waals surface area contributed by atoms with Crippen LogP contribution in [-0.4, -0.2) is 22.6 Å². The molecule has 1 aromatic rings. The van der Waals surface area contributed by atoms with Crippen LogP contribution in [0.25, 0.3) is 0 Å². The quantitative estimate of drug-likeness (QED) is 0.704. The number of nitrogens with zero attached hydrogens (tertiary/aromatic N) is 1. The second kappa shape index (κ2) is 7.80. The van der Waals surface area contributed by atoms with Gasteiger partial charge in [0.1, 0.15) is 0 Å². The van der Waals surface area contributed by atoms with Gasteiger partial charge in [-0.1, -0.05) is 20.8 Å². The summed E-state index contributed by atoms with van der Waals surface area (Å²) in [5.41, 5.74) is 1.40. The van der Waals surface area contributed by atoms with Gasteiger partial charge in [-0.15, -0.1) is 0 Å². The molecule has 3 heteroatoms. The summed E-state index contributed by atoms with van der Waals surface area (Å²) in [5.74, 6) is 3.14. The minimum absolute atomic E-state index is 0.721. The number of aryl methyl sites for hydroxylation is 1. The molecule has 1 heterocycles. The van der Waals surface area contributed by atoms with Crippen LogP contribution in [0, 0.1) is 5.92 Å². The van der Waals surface area contributed by atoms with E-state index in [2.05, 4.69) is 49.0 Å². The molecule has 16 heavy (non-hydrogen) atoms. The zero-order valence-corrected chi connectivity index (χ0v) is 11.5. The molecular formula is C13H24N2S. The minimum atomic E-state index is 0.721. The first-order valence-electron chi connectivity index (χ1n) is 6.16. The van der Waals surface area contributed by atoms with Gasteiger partial charge in [0.2, 0.25) is 0 Å². The maximum Gasteiger partial charge on any atom is 0.0359 e. The van der Waals surface area contributed by atoms with Gasteiger partial charge in [0.15, 0.2) is 0 Å². The van der Waals surface area contributed by atoms with Crippen LogP contribution in [0.1, 0.15) is 26.5 Å². The van der Waals surface area contributed by atoms with Crippen molar-refractivity contribution in [3.8, 4) is 0 Å². The summed E-state index contributed by atoms with van der Waals surface area (Å²) >= 11 is 2.00. The van der Waals surface area contributed by atoms with Gasteiger partial charge in [-0.25, -0.2) is 0 Å². The molecule has 92 valence electrons. The fraction of sp³-hybridized carbons (Fsp3) is 0.692. The first-order valence-corrected chi connectivity index (χ1v) is 7.32. The third-order valence-corrected chi connectivity index (χ3v) is 3.34. The van der Waals surface area contributed by atoms with Gasteiger partial charge < -0.3 is 9.88 Å². The van der Waals surface area contributed by atoms with Crippen molar-refractivity contribution in [3.05, 3.63) is 24.0 Å². The Hall–Kier alpha value is -0.410. The Bertz CT molecular complexity index is 281. The fourth-order valence-electron chi connectivity index (χ4n) is 1.62. The molecule has 0 unspecified atom stereocenters. The van der Waals surface area contributed by atoms with E-state index in [1.54, 1.807) is 0 Å². The molecule has 0 atom stereocenters. The minimum Gasteiger partial charge on any atom is -0.349 e. The van der Waals surface area contributed by atoms with E-state index in [-0.39, 0.29) is 0 Å². The zero-order chi connectivity index (χ0) is 11.8. The topological polar surface area (TPSA) is 17.0 Å². The molecule has 0 saturated heterocycles. The number of nitrogens with one attached hydrogen (secondary N) is 1. The average Bonchev–Trinajstić information content (AvgIpc) is 2.66. The molecule has 0 bridgehead atoms. The molecule has 0 amide bonds. The van der Waals surface area contributed by atoms with Crippen LogP contribution in [-0.2, 0) is 13.1 Å². The summed E-state index contributed by atoms with van der Waals surface area (Å²) in [6, 6.07) is 4.35. The predicted molar refractivity (Wildman–Crippen MR) is 74.0 cm³/mol. The lowest BCUT2D eigenvalue weighted by Gasteiger charge is -2.11. The van der Waals surface area contributed by atoms with Crippen LogP contribution >= 0.6 is 11.8 Å². The summed E-state index contributed by atoms with van der Waals surface area (Å²) in [6.07, 6.45) is 2.18. The molecule has 0 aliphatic heterocycles. The van der Waals surface area contributed by atoms with Gasteiger partial charge in [-0.2, -0.15) is 11.8 Å². The second-order valence-electron chi connectivity index (χ2n) is 4.41. The monoisotopic (exact) mass is 240 g/mol. The lowest BCUT2D eigenvalue weighted by atomic mass is 10.2. The van der Waals surface area contributed by atoms with E-state index in [1.807, 2.05) is 11.8 Å². The summed E-state index contributed by atoms with van der Waals surface area (Å²) in [6.45, 7) is 9.90. The molecule has 0 fully saturated rings. The molecule has 0 aromatic carbocycles. The Morgan fingerprint density at radius 2 is 2.25 bits per heavy atom. The van der Waals surface area contributed by atoms with E-state index in [0.717, 1.165) is 25.6 Å². The molecule has 1 aromatic heterocycles. The van der Waals surface area contributed by atoms with Crippen molar-refractivity contribution < 1.29 is 0 Å². The fourth-order valence-corrected chi connectivity index (χ4v) is 2.24. The smallest absolute Gasteiger partial charge is 0.0359 e. The Morgan fingerprint density at radius 1 is 1.44 bits per heavy atom. The first-order chi connectivity index (χ1) is 7.74. The third kappa shape index (κ3) is 5.08. The molecule has 0 aliphatic carbocycles. The Morgan fingerprint density at radius 3 is 2.94 bits per heavy atom. The standard InChI is InChI=1S/C13H24N2S/c1-4-16-9-8-15-7-5-6-13(15)11-14-10-12(2)3/h5-7,12,14H,4,8-11H2,1-3H3.